The number of nitrogens with one attached hydrogen (secondary N) is 1. The molecule has 1 spiro atoms. The molecule has 1 heterocycles. The summed E-state index contributed by atoms with van der Waals surface area (Å²) in [7, 11) is 0. The molecule has 0 radical (unpaired) electrons. The number of piperazine rings is 1. The topological polar surface area (TPSA) is 15.3 Å². The summed E-state index contributed by atoms with van der Waals surface area (Å²) in [5.41, 5.74) is 1.93. The molecule has 1 aliphatic heterocycles. The predicted molar refractivity (Wildman–Crippen MR) is 89.7 cm³/mol. The fourth-order valence-corrected chi connectivity index (χ4v) is 4.09. The summed E-state index contributed by atoms with van der Waals surface area (Å²) in [5.74, 6) is 0.660. The summed E-state index contributed by atoms with van der Waals surface area (Å²) < 4.78 is 0. The van der Waals surface area contributed by atoms with Crippen LogP contribution < -0.4 is 5.32 Å². The maximum atomic E-state index is 3.85. The Balaban J connectivity index is 1.56. The number of hydrogen-bond donors (Lipinski definition) is 1. The monoisotopic (exact) mass is 286 g/mol. The van der Waals surface area contributed by atoms with Crippen LogP contribution in [-0.4, -0.2) is 36.1 Å². The largest absolute Gasteiger partial charge is 0.308 e. The fourth-order valence-electron chi connectivity index (χ4n) is 4.09. The number of hydrogen-bond acceptors (Lipinski definition) is 2. The highest BCUT2D eigenvalue weighted by Crippen LogP contribution is 2.33. The quantitative estimate of drug-likeness (QED) is 0.906. The highest BCUT2D eigenvalue weighted by atomic mass is 15.2. The van der Waals surface area contributed by atoms with Crippen molar-refractivity contribution in [3.05, 3.63) is 35.9 Å². The second kappa shape index (κ2) is 6.50. The summed E-state index contributed by atoms with van der Waals surface area (Å²) in [5, 5.41) is 3.85. The third kappa shape index (κ3) is 3.49. The summed E-state index contributed by atoms with van der Waals surface area (Å²) in [4.78, 5) is 2.74. The van der Waals surface area contributed by atoms with E-state index in [1.54, 1.807) is 0 Å². The lowest BCUT2D eigenvalue weighted by Crippen LogP contribution is -2.62. The number of nitrogens with zero attached hydrogens (tertiary/aromatic N) is 1. The van der Waals surface area contributed by atoms with Gasteiger partial charge in [-0.05, 0) is 44.2 Å². The lowest BCUT2D eigenvalue weighted by Gasteiger charge is -2.45. The highest BCUT2D eigenvalue weighted by molar-refractivity contribution is 5.18. The van der Waals surface area contributed by atoms with Crippen LogP contribution in [0.2, 0.25) is 0 Å². The first-order valence-electron chi connectivity index (χ1n) is 8.73. The van der Waals surface area contributed by atoms with Crippen molar-refractivity contribution in [3.8, 4) is 0 Å². The SMILES string of the molecule is CC(CCN1CC2(CCCC2)NCC1C)c1ccccc1. The molecule has 1 saturated carbocycles. The van der Waals surface area contributed by atoms with Crippen LogP contribution in [0.4, 0.5) is 0 Å². The highest BCUT2D eigenvalue weighted by Gasteiger charge is 2.39. The van der Waals surface area contributed by atoms with Crippen LogP contribution in [0.1, 0.15) is 57.4 Å². The summed E-state index contributed by atoms with van der Waals surface area (Å²) in [6.45, 7) is 8.41. The first-order valence-corrected chi connectivity index (χ1v) is 8.73. The normalized spacial score (nSPS) is 27.0. The van der Waals surface area contributed by atoms with E-state index in [4.69, 9.17) is 0 Å². The Bertz CT molecular complexity index is 436. The van der Waals surface area contributed by atoms with Gasteiger partial charge in [0.05, 0.1) is 0 Å². The van der Waals surface area contributed by atoms with Crippen LogP contribution in [0.25, 0.3) is 0 Å². The van der Waals surface area contributed by atoms with Crippen molar-refractivity contribution in [2.45, 2.75) is 63.5 Å². The van der Waals surface area contributed by atoms with Gasteiger partial charge in [0.1, 0.15) is 0 Å². The molecule has 1 saturated heterocycles. The number of benzene rings is 1. The Kier molecular flexibility index (Phi) is 4.66. The fraction of sp³-hybridized carbons (Fsp3) is 0.684. The van der Waals surface area contributed by atoms with Gasteiger partial charge in [0.2, 0.25) is 0 Å². The molecule has 2 unspecified atom stereocenters. The smallest absolute Gasteiger partial charge is 0.0309 e. The molecule has 2 nitrogen and oxygen atoms in total. The Morgan fingerprint density at radius 3 is 2.67 bits per heavy atom. The van der Waals surface area contributed by atoms with Crippen LogP contribution in [0, 0.1) is 0 Å². The average Bonchev–Trinajstić information content (AvgIpc) is 2.97. The van der Waals surface area contributed by atoms with Crippen LogP contribution >= 0.6 is 0 Å². The molecule has 0 aromatic heterocycles. The lowest BCUT2D eigenvalue weighted by atomic mass is 9.91. The van der Waals surface area contributed by atoms with Gasteiger partial charge in [-0.3, -0.25) is 4.90 Å². The first-order chi connectivity index (χ1) is 10.2. The average molecular weight is 286 g/mol. The standard InChI is InChI=1S/C19H30N2/c1-16(18-8-4-3-5-9-18)10-13-21-15-19(11-6-7-12-19)20-14-17(21)2/h3-5,8-9,16-17,20H,6-7,10-15H2,1-2H3. The maximum Gasteiger partial charge on any atom is 0.0309 e. The Morgan fingerprint density at radius 2 is 1.95 bits per heavy atom. The minimum Gasteiger partial charge on any atom is -0.308 e. The van der Waals surface area contributed by atoms with E-state index >= 15 is 0 Å². The van der Waals surface area contributed by atoms with Gasteiger partial charge in [-0.1, -0.05) is 50.1 Å². The van der Waals surface area contributed by atoms with E-state index in [2.05, 4.69) is 54.4 Å². The van der Waals surface area contributed by atoms with Gasteiger partial charge in [-0.25, -0.2) is 0 Å². The molecule has 1 aromatic carbocycles. The molecule has 1 aromatic rings. The Hall–Kier alpha value is -0.860. The van der Waals surface area contributed by atoms with E-state index in [9.17, 15) is 0 Å². The molecule has 2 fully saturated rings. The molecule has 2 atom stereocenters. The third-order valence-corrected chi connectivity index (χ3v) is 5.68. The predicted octanol–water partition coefficient (Wildman–Crippen LogP) is 3.79. The molecule has 0 amide bonds. The van der Waals surface area contributed by atoms with E-state index in [0.717, 1.165) is 0 Å². The molecular weight excluding hydrogens is 256 g/mol. The third-order valence-electron chi connectivity index (χ3n) is 5.68. The second-order valence-corrected chi connectivity index (χ2v) is 7.29. The zero-order valence-electron chi connectivity index (χ0n) is 13.6. The lowest BCUT2D eigenvalue weighted by molar-refractivity contribution is 0.0866. The van der Waals surface area contributed by atoms with Crippen LogP contribution in [0.15, 0.2) is 30.3 Å². The summed E-state index contributed by atoms with van der Waals surface area (Å²) >= 11 is 0. The van der Waals surface area contributed by atoms with Crippen molar-refractivity contribution in [2.75, 3.05) is 19.6 Å². The van der Waals surface area contributed by atoms with E-state index in [-0.39, 0.29) is 0 Å². The maximum absolute atomic E-state index is 3.85. The van der Waals surface area contributed by atoms with E-state index in [1.807, 2.05) is 0 Å². The first kappa shape index (κ1) is 15.1. The van der Waals surface area contributed by atoms with Crippen molar-refractivity contribution in [3.63, 3.8) is 0 Å². The number of rotatable bonds is 4. The van der Waals surface area contributed by atoms with Crippen molar-refractivity contribution in [1.29, 1.82) is 0 Å². The molecule has 116 valence electrons. The molecule has 2 heteroatoms. The van der Waals surface area contributed by atoms with Gasteiger partial charge in [-0.2, -0.15) is 0 Å². The van der Waals surface area contributed by atoms with Crippen LogP contribution in [-0.2, 0) is 0 Å². The molecule has 1 aliphatic carbocycles. The van der Waals surface area contributed by atoms with Crippen LogP contribution in [0.3, 0.4) is 0 Å². The van der Waals surface area contributed by atoms with E-state index in [0.29, 0.717) is 17.5 Å². The van der Waals surface area contributed by atoms with E-state index < -0.39 is 0 Å². The van der Waals surface area contributed by atoms with Gasteiger partial charge in [0.25, 0.3) is 0 Å². The van der Waals surface area contributed by atoms with Gasteiger partial charge >= 0.3 is 0 Å². The van der Waals surface area contributed by atoms with Crippen molar-refractivity contribution < 1.29 is 0 Å². The van der Waals surface area contributed by atoms with Gasteiger partial charge < -0.3 is 5.32 Å². The molecule has 1 N–H and O–H groups in total. The minimum atomic E-state index is 0.447. The van der Waals surface area contributed by atoms with Crippen molar-refractivity contribution in [2.24, 2.45) is 0 Å². The molecule has 21 heavy (non-hydrogen) atoms. The Labute approximate surface area is 129 Å². The summed E-state index contributed by atoms with van der Waals surface area (Å²) in [6.07, 6.45) is 6.85. The van der Waals surface area contributed by atoms with Crippen molar-refractivity contribution >= 4 is 0 Å². The zero-order valence-corrected chi connectivity index (χ0v) is 13.6. The molecule has 2 aliphatic rings. The second-order valence-electron chi connectivity index (χ2n) is 7.29. The van der Waals surface area contributed by atoms with E-state index in [1.165, 1.54) is 57.3 Å². The molecule has 3 rings (SSSR count). The van der Waals surface area contributed by atoms with Gasteiger partial charge in [-0.15, -0.1) is 0 Å². The van der Waals surface area contributed by atoms with Gasteiger partial charge in [0.15, 0.2) is 0 Å². The van der Waals surface area contributed by atoms with Crippen LogP contribution in [0.5, 0.6) is 0 Å². The summed E-state index contributed by atoms with van der Waals surface area (Å²) in [6, 6.07) is 11.6. The molecule has 0 bridgehead atoms. The zero-order chi connectivity index (χ0) is 14.7. The molecular formula is C19H30N2. The van der Waals surface area contributed by atoms with Crippen molar-refractivity contribution in [1.82, 2.24) is 10.2 Å². The Morgan fingerprint density at radius 1 is 1.24 bits per heavy atom. The minimum absolute atomic E-state index is 0.447. The van der Waals surface area contributed by atoms with Gasteiger partial charge in [0, 0.05) is 24.7 Å².